The molecular weight excluding hydrogens is 377 g/mol. The van der Waals surface area contributed by atoms with Gasteiger partial charge in [0, 0.05) is 12.2 Å². The third-order valence-electron chi connectivity index (χ3n) is 5.13. The van der Waals surface area contributed by atoms with Crippen LogP contribution >= 0.6 is 7.37 Å². The van der Waals surface area contributed by atoms with E-state index in [1.807, 2.05) is 24.3 Å². The van der Waals surface area contributed by atoms with Gasteiger partial charge in [0.05, 0.1) is 6.61 Å². The number of rotatable bonds is 11. The standard InChI is InChI=1S/C21H34NO5P/c1-2-3-16-26-21(23)22-15-7-8-18-11-13-19(14-12-18)27-17-28(24,25)20-9-5-4-6-10-20/h11-14,20H,2-10,15-17H2,1H3,(H,22,23)(H,24,25). The molecule has 0 unspecified atom stereocenters. The minimum absolute atomic E-state index is 0.110. The maximum atomic E-state index is 12.5. The van der Waals surface area contributed by atoms with Crippen LogP contribution < -0.4 is 10.1 Å². The van der Waals surface area contributed by atoms with E-state index in [4.69, 9.17) is 9.47 Å². The van der Waals surface area contributed by atoms with Crippen LogP contribution in [0.3, 0.4) is 0 Å². The molecule has 1 aliphatic rings. The molecule has 2 N–H and O–H groups in total. The molecule has 2 rings (SSSR count). The average molecular weight is 411 g/mol. The fraction of sp³-hybridized carbons (Fsp3) is 0.667. The molecule has 1 saturated carbocycles. The minimum atomic E-state index is -3.26. The highest BCUT2D eigenvalue weighted by Gasteiger charge is 2.32. The van der Waals surface area contributed by atoms with Gasteiger partial charge in [-0.05, 0) is 49.8 Å². The van der Waals surface area contributed by atoms with E-state index in [0.717, 1.165) is 63.4 Å². The van der Waals surface area contributed by atoms with Gasteiger partial charge < -0.3 is 19.7 Å². The number of hydrogen-bond donors (Lipinski definition) is 2. The van der Waals surface area contributed by atoms with Crippen LogP contribution in [0, 0.1) is 0 Å². The molecule has 1 aliphatic carbocycles. The van der Waals surface area contributed by atoms with Crippen LogP contribution in [0.4, 0.5) is 4.79 Å². The van der Waals surface area contributed by atoms with Crippen LogP contribution in [0.15, 0.2) is 24.3 Å². The van der Waals surface area contributed by atoms with Crippen molar-refractivity contribution in [3.05, 3.63) is 29.8 Å². The Hall–Kier alpha value is -1.52. The summed E-state index contributed by atoms with van der Waals surface area (Å²) in [5, 5.41) is 2.75. The molecule has 0 spiro atoms. The first kappa shape index (κ1) is 22.8. The van der Waals surface area contributed by atoms with E-state index in [1.165, 1.54) is 0 Å². The second-order valence-corrected chi connectivity index (χ2v) is 9.98. The highest BCUT2D eigenvalue weighted by atomic mass is 31.2. The number of carbonyl (C=O) groups excluding carboxylic acids is 1. The van der Waals surface area contributed by atoms with E-state index in [1.54, 1.807) is 0 Å². The van der Waals surface area contributed by atoms with Crippen molar-refractivity contribution in [1.82, 2.24) is 5.32 Å². The second-order valence-electron chi connectivity index (χ2n) is 7.48. The number of ether oxygens (including phenoxy) is 2. The number of aryl methyl sites for hydroxylation is 1. The van der Waals surface area contributed by atoms with Gasteiger partial charge in [-0.3, -0.25) is 4.57 Å². The molecule has 6 nitrogen and oxygen atoms in total. The lowest BCUT2D eigenvalue weighted by atomic mass is 10.0. The van der Waals surface area contributed by atoms with Crippen LogP contribution in [0.25, 0.3) is 0 Å². The molecule has 0 aromatic heterocycles. The van der Waals surface area contributed by atoms with Gasteiger partial charge in [-0.2, -0.15) is 0 Å². The van der Waals surface area contributed by atoms with Gasteiger partial charge >= 0.3 is 6.09 Å². The van der Waals surface area contributed by atoms with Crippen molar-refractivity contribution in [2.45, 2.75) is 70.4 Å². The number of alkyl carbamates (subject to hydrolysis) is 1. The largest absolute Gasteiger partial charge is 0.484 e. The average Bonchev–Trinajstić information content (AvgIpc) is 2.71. The highest BCUT2D eigenvalue weighted by molar-refractivity contribution is 7.58. The summed E-state index contributed by atoms with van der Waals surface area (Å²) in [5.41, 5.74) is 1.02. The summed E-state index contributed by atoms with van der Waals surface area (Å²) in [6.45, 7) is 3.08. The van der Waals surface area contributed by atoms with E-state index in [9.17, 15) is 14.3 Å². The van der Waals surface area contributed by atoms with Crippen LogP contribution in [0.1, 0.15) is 63.9 Å². The summed E-state index contributed by atoms with van der Waals surface area (Å²) in [6, 6.07) is 7.58. The summed E-state index contributed by atoms with van der Waals surface area (Å²) < 4.78 is 23.1. The van der Waals surface area contributed by atoms with Crippen molar-refractivity contribution in [2.75, 3.05) is 19.5 Å². The summed E-state index contributed by atoms with van der Waals surface area (Å²) in [6.07, 6.45) is 7.96. The van der Waals surface area contributed by atoms with Gasteiger partial charge in [-0.15, -0.1) is 0 Å². The lowest BCUT2D eigenvalue weighted by Crippen LogP contribution is -2.25. The molecular formula is C21H34NO5P. The normalized spacial score (nSPS) is 16.9. The van der Waals surface area contributed by atoms with Gasteiger partial charge in [-0.25, -0.2) is 4.79 Å². The zero-order valence-electron chi connectivity index (χ0n) is 16.9. The molecule has 1 atom stereocenters. The van der Waals surface area contributed by atoms with Crippen molar-refractivity contribution in [1.29, 1.82) is 0 Å². The Labute approximate surface area is 168 Å². The van der Waals surface area contributed by atoms with Gasteiger partial charge in [0.1, 0.15) is 5.75 Å². The zero-order chi connectivity index (χ0) is 20.2. The Bertz CT molecular complexity index is 628. The Morgan fingerprint density at radius 3 is 2.57 bits per heavy atom. The Kier molecular flexibility index (Phi) is 9.86. The van der Waals surface area contributed by atoms with Crippen LogP contribution in [-0.2, 0) is 15.7 Å². The van der Waals surface area contributed by atoms with E-state index in [2.05, 4.69) is 12.2 Å². The fourth-order valence-electron chi connectivity index (χ4n) is 3.35. The van der Waals surface area contributed by atoms with E-state index in [-0.39, 0.29) is 18.1 Å². The van der Waals surface area contributed by atoms with Crippen molar-refractivity contribution >= 4 is 13.5 Å². The molecule has 0 saturated heterocycles. The third-order valence-corrected chi connectivity index (χ3v) is 7.28. The molecule has 0 bridgehead atoms. The monoisotopic (exact) mass is 411 g/mol. The Morgan fingerprint density at radius 2 is 1.89 bits per heavy atom. The molecule has 1 aromatic rings. The maximum Gasteiger partial charge on any atom is 0.407 e. The lowest BCUT2D eigenvalue weighted by molar-refractivity contribution is 0.144. The summed E-state index contributed by atoms with van der Waals surface area (Å²) in [4.78, 5) is 21.7. The fourth-order valence-corrected chi connectivity index (χ4v) is 5.07. The first-order valence-electron chi connectivity index (χ1n) is 10.4. The Balaban J connectivity index is 1.65. The van der Waals surface area contributed by atoms with E-state index >= 15 is 0 Å². The number of nitrogens with one attached hydrogen (secondary N) is 1. The van der Waals surface area contributed by atoms with Crippen molar-refractivity contribution in [3.63, 3.8) is 0 Å². The second kappa shape index (κ2) is 12.1. The van der Waals surface area contributed by atoms with Crippen molar-refractivity contribution in [2.24, 2.45) is 0 Å². The predicted octanol–water partition coefficient (Wildman–Crippen LogP) is 5.08. The number of carbonyl (C=O) groups is 1. The molecule has 0 aliphatic heterocycles. The molecule has 0 radical (unpaired) electrons. The quantitative estimate of drug-likeness (QED) is 0.392. The molecule has 7 heteroatoms. The molecule has 1 amide bonds. The van der Waals surface area contributed by atoms with E-state index in [0.29, 0.717) is 18.9 Å². The molecule has 0 heterocycles. The molecule has 1 aromatic carbocycles. The molecule has 1 fully saturated rings. The first-order valence-corrected chi connectivity index (χ1v) is 12.4. The first-order chi connectivity index (χ1) is 13.5. The van der Waals surface area contributed by atoms with Gasteiger partial charge in [0.25, 0.3) is 0 Å². The summed E-state index contributed by atoms with van der Waals surface area (Å²) in [5.74, 6) is 0.617. The minimum Gasteiger partial charge on any atom is -0.484 e. The number of hydrogen-bond acceptors (Lipinski definition) is 4. The van der Waals surface area contributed by atoms with Crippen molar-refractivity contribution < 1.29 is 23.7 Å². The predicted molar refractivity (Wildman–Crippen MR) is 111 cm³/mol. The van der Waals surface area contributed by atoms with Crippen LogP contribution in [-0.4, -0.2) is 36.1 Å². The highest BCUT2D eigenvalue weighted by Crippen LogP contribution is 2.51. The summed E-state index contributed by atoms with van der Waals surface area (Å²) in [7, 11) is -3.26. The smallest absolute Gasteiger partial charge is 0.407 e. The van der Waals surface area contributed by atoms with Gasteiger partial charge in [-0.1, -0.05) is 44.7 Å². The lowest BCUT2D eigenvalue weighted by Gasteiger charge is -2.26. The SMILES string of the molecule is CCCCOC(=O)NCCCc1ccc(OC[P@](=O)(O)C2CCCCC2)cc1. The molecule has 158 valence electrons. The number of benzene rings is 1. The molecule has 28 heavy (non-hydrogen) atoms. The topological polar surface area (TPSA) is 84.9 Å². The Morgan fingerprint density at radius 1 is 1.18 bits per heavy atom. The van der Waals surface area contributed by atoms with Crippen LogP contribution in [0.2, 0.25) is 0 Å². The zero-order valence-corrected chi connectivity index (χ0v) is 17.8. The number of amides is 1. The number of unbranched alkanes of at least 4 members (excludes halogenated alkanes) is 1. The van der Waals surface area contributed by atoms with Gasteiger partial charge in [0.15, 0.2) is 6.35 Å². The van der Waals surface area contributed by atoms with Gasteiger partial charge in [0.2, 0.25) is 7.37 Å². The van der Waals surface area contributed by atoms with E-state index < -0.39 is 7.37 Å². The maximum absolute atomic E-state index is 12.5. The van der Waals surface area contributed by atoms with Crippen molar-refractivity contribution in [3.8, 4) is 5.75 Å². The third kappa shape index (κ3) is 8.24. The van der Waals surface area contributed by atoms with Crippen LogP contribution in [0.5, 0.6) is 5.75 Å². The summed E-state index contributed by atoms with van der Waals surface area (Å²) >= 11 is 0.